The van der Waals surface area contributed by atoms with E-state index in [1.807, 2.05) is 42.5 Å². The lowest BCUT2D eigenvalue weighted by Gasteiger charge is -2.26. The van der Waals surface area contributed by atoms with E-state index in [2.05, 4.69) is 0 Å². The first-order valence-electron chi connectivity index (χ1n) is 5.34. The van der Waals surface area contributed by atoms with Crippen LogP contribution in [-0.2, 0) is 4.33 Å². The number of hydrogen-bond acceptors (Lipinski definition) is 0. The smallest absolute Gasteiger partial charge is 0.114 e. The second kappa shape index (κ2) is 5.71. The third kappa shape index (κ3) is 2.95. The van der Waals surface area contributed by atoms with Crippen molar-refractivity contribution < 1.29 is 0 Å². The van der Waals surface area contributed by atoms with Crippen LogP contribution < -0.4 is 0 Å². The van der Waals surface area contributed by atoms with Crippen molar-refractivity contribution >= 4 is 46.4 Å². The van der Waals surface area contributed by atoms with Crippen LogP contribution in [0.25, 0.3) is 0 Å². The van der Waals surface area contributed by atoms with Crippen LogP contribution in [0.15, 0.2) is 54.6 Å². The SMILES string of the molecule is Clc1ccc(C(Cl)C(Cl)(Cl)c2ccccc2)cc1. The quantitative estimate of drug-likeness (QED) is 0.613. The van der Waals surface area contributed by atoms with Gasteiger partial charge in [0.25, 0.3) is 0 Å². The van der Waals surface area contributed by atoms with Crippen LogP contribution in [0.1, 0.15) is 16.5 Å². The van der Waals surface area contributed by atoms with Gasteiger partial charge in [0, 0.05) is 5.02 Å². The standard InChI is InChI=1S/C14H10Cl4/c15-12-8-6-10(7-9-12)13(16)14(17,18)11-4-2-1-3-5-11/h1-9,13H. The molecular formula is C14H10Cl4. The van der Waals surface area contributed by atoms with E-state index in [4.69, 9.17) is 46.4 Å². The molecule has 0 aliphatic rings. The number of rotatable bonds is 3. The first-order valence-corrected chi connectivity index (χ1v) is 6.91. The second-order valence-electron chi connectivity index (χ2n) is 3.90. The molecule has 0 spiro atoms. The molecule has 0 amide bonds. The fourth-order valence-corrected chi connectivity index (χ4v) is 2.55. The van der Waals surface area contributed by atoms with Crippen LogP contribution in [0, 0.1) is 0 Å². The summed E-state index contributed by atoms with van der Waals surface area (Å²) in [7, 11) is 0. The highest BCUT2D eigenvalue weighted by atomic mass is 35.5. The van der Waals surface area contributed by atoms with Crippen molar-refractivity contribution in [2.45, 2.75) is 9.71 Å². The number of halogens is 4. The first-order chi connectivity index (χ1) is 8.51. The lowest BCUT2D eigenvalue weighted by molar-refractivity contribution is 0.803. The molecular weight excluding hydrogens is 310 g/mol. The van der Waals surface area contributed by atoms with Gasteiger partial charge in [0.15, 0.2) is 4.33 Å². The molecule has 4 heteroatoms. The summed E-state index contributed by atoms with van der Waals surface area (Å²) >= 11 is 25.0. The maximum Gasteiger partial charge on any atom is 0.163 e. The third-order valence-corrected chi connectivity index (χ3v) is 4.57. The number of hydrogen-bond donors (Lipinski definition) is 0. The molecule has 18 heavy (non-hydrogen) atoms. The maximum atomic E-state index is 6.39. The lowest BCUT2D eigenvalue weighted by atomic mass is 10.0. The fourth-order valence-electron chi connectivity index (χ4n) is 1.65. The van der Waals surface area contributed by atoms with Crippen LogP contribution in [0.2, 0.25) is 5.02 Å². The number of benzene rings is 2. The Kier molecular flexibility index (Phi) is 4.45. The van der Waals surface area contributed by atoms with Crippen LogP contribution in [0.5, 0.6) is 0 Å². The Hall–Kier alpha value is -0.400. The Morgan fingerprint density at radius 2 is 1.39 bits per heavy atom. The largest absolute Gasteiger partial charge is 0.163 e. The van der Waals surface area contributed by atoms with Gasteiger partial charge in [-0.3, -0.25) is 0 Å². The zero-order chi connectivity index (χ0) is 13.2. The van der Waals surface area contributed by atoms with Crippen LogP contribution in [0.4, 0.5) is 0 Å². The van der Waals surface area contributed by atoms with E-state index >= 15 is 0 Å². The molecule has 0 bridgehead atoms. The molecule has 0 saturated carbocycles. The van der Waals surface area contributed by atoms with Gasteiger partial charge in [-0.05, 0) is 23.3 Å². The summed E-state index contributed by atoms with van der Waals surface area (Å²) in [4.78, 5) is 0. The van der Waals surface area contributed by atoms with Gasteiger partial charge in [-0.15, -0.1) is 11.6 Å². The zero-order valence-corrected chi connectivity index (χ0v) is 12.3. The van der Waals surface area contributed by atoms with Crippen molar-refractivity contribution in [2.75, 3.05) is 0 Å². The summed E-state index contributed by atoms with van der Waals surface area (Å²) in [5.41, 5.74) is 1.60. The van der Waals surface area contributed by atoms with E-state index in [0.717, 1.165) is 11.1 Å². The topological polar surface area (TPSA) is 0 Å². The summed E-state index contributed by atoms with van der Waals surface area (Å²) in [5.74, 6) is 0. The molecule has 94 valence electrons. The van der Waals surface area contributed by atoms with E-state index in [0.29, 0.717) is 5.02 Å². The van der Waals surface area contributed by atoms with Gasteiger partial charge in [0.05, 0.1) is 5.38 Å². The van der Waals surface area contributed by atoms with E-state index in [1.165, 1.54) is 0 Å². The molecule has 0 aliphatic carbocycles. The van der Waals surface area contributed by atoms with Gasteiger partial charge >= 0.3 is 0 Å². The molecule has 1 atom stereocenters. The average molecular weight is 320 g/mol. The van der Waals surface area contributed by atoms with Crippen LogP contribution in [0.3, 0.4) is 0 Å². The molecule has 2 aromatic carbocycles. The lowest BCUT2D eigenvalue weighted by Crippen LogP contribution is -2.17. The molecule has 0 aromatic heterocycles. The molecule has 0 saturated heterocycles. The van der Waals surface area contributed by atoms with E-state index in [-0.39, 0.29) is 0 Å². The van der Waals surface area contributed by atoms with Gasteiger partial charge in [0.1, 0.15) is 0 Å². The van der Waals surface area contributed by atoms with Crippen LogP contribution in [-0.4, -0.2) is 0 Å². The fraction of sp³-hybridized carbons (Fsp3) is 0.143. The summed E-state index contributed by atoms with van der Waals surface area (Å²) < 4.78 is -1.18. The molecule has 0 N–H and O–H groups in total. The van der Waals surface area contributed by atoms with Gasteiger partial charge in [-0.2, -0.15) is 0 Å². The predicted molar refractivity (Wildman–Crippen MR) is 79.9 cm³/mol. The third-order valence-electron chi connectivity index (χ3n) is 2.64. The van der Waals surface area contributed by atoms with Gasteiger partial charge < -0.3 is 0 Å². The Labute approximate surface area is 126 Å². The Balaban J connectivity index is 2.32. The first kappa shape index (κ1) is 14.0. The predicted octanol–water partition coefficient (Wildman–Crippen LogP) is 5.95. The normalized spacial score (nSPS) is 13.3. The molecule has 0 nitrogen and oxygen atoms in total. The van der Waals surface area contributed by atoms with Crippen molar-refractivity contribution in [3.63, 3.8) is 0 Å². The van der Waals surface area contributed by atoms with Crippen molar-refractivity contribution in [1.82, 2.24) is 0 Å². The van der Waals surface area contributed by atoms with Crippen molar-refractivity contribution in [1.29, 1.82) is 0 Å². The Bertz CT molecular complexity index is 505. The van der Waals surface area contributed by atoms with Gasteiger partial charge in [-0.25, -0.2) is 0 Å². The van der Waals surface area contributed by atoms with Crippen LogP contribution >= 0.6 is 46.4 Å². The molecule has 1 unspecified atom stereocenters. The molecule has 2 rings (SSSR count). The molecule has 0 heterocycles. The Morgan fingerprint density at radius 1 is 0.833 bits per heavy atom. The minimum atomic E-state index is -1.18. The highest BCUT2D eigenvalue weighted by Gasteiger charge is 2.36. The molecule has 2 aromatic rings. The molecule has 0 fully saturated rings. The second-order valence-corrected chi connectivity index (χ2v) is 6.16. The summed E-state index contributed by atoms with van der Waals surface area (Å²) in [6, 6.07) is 16.5. The minimum absolute atomic E-state index is 0.555. The minimum Gasteiger partial charge on any atom is -0.114 e. The molecule has 0 radical (unpaired) electrons. The number of alkyl halides is 3. The zero-order valence-electron chi connectivity index (χ0n) is 9.29. The highest BCUT2D eigenvalue weighted by Crippen LogP contribution is 2.48. The highest BCUT2D eigenvalue weighted by molar-refractivity contribution is 6.51. The average Bonchev–Trinajstić information content (AvgIpc) is 2.40. The summed E-state index contributed by atoms with van der Waals surface area (Å²) in [6.45, 7) is 0. The van der Waals surface area contributed by atoms with E-state index in [9.17, 15) is 0 Å². The summed E-state index contributed by atoms with van der Waals surface area (Å²) in [5, 5.41) is 0.0950. The van der Waals surface area contributed by atoms with Crippen molar-refractivity contribution in [3.8, 4) is 0 Å². The van der Waals surface area contributed by atoms with Crippen molar-refractivity contribution in [2.24, 2.45) is 0 Å². The van der Waals surface area contributed by atoms with Crippen molar-refractivity contribution in [3.05, 3.63) is 70.7 Å². The van der Waals surface area contributed by atoms with Gasteiger partial charge in [0.2, 0.25) is 0 Å². The van der Waals surface area contributed by atoms with Gasteiger partial charge in [-0.1, -0.05) is 77.3 Å². The molecule has 0 aliphatic heterocycles. The monoisotopic (exact) mass is 318 g/mol. The van der Waals surface area contributed by atoms with E-state index < -0.39 is 9.71 Å². The van der Waals surface area contributed by atoms with E-state index in [1.54, 1.807) is 12.1 Å². The maximum absolute atomic E-state index is 6.39. The summed E-state index contributed by atoms with van der Waals surface area (Å²) in [6.07, 6.45) is 0. The Morgan fingerprint density at radius 3 is 1.94 bits per heavy atom.